The quantitative estimate of drug-likeness (QED) is 0.793. The normalized spacial score (nSPS) is 14.8. The SMILES string of the molecule is CC(=O)c1cccc(NC(=O)N2CCN(CCc3cccc(Cl)c3)CC2)c1. The molecule has 1 N–H and O–H groups in total. The van der Waals surface area contributed by atoms with Gasteiger partial charge >= 0.3 is 6.03 Å². The molecule has 142 valence electrons. The van der Waals surface area contributed by atoms with E-state index in [0.29, 0.717) is 24.3 Å². The molecule has 1 fully saturated rings. The Hall–Kier alpha value is -2.37. The molecule has 2 aromatic rings. The van der Waals surface area contributed by atoms with Gasteiger partial charge in [0, 0.05) is 49.0 Å². The fourth-order valence-electron chi connectivity index (χ4n) is 3.17. The molecule has 0 aliphatic carbocycles. The number of hydrogen-bond donors (Lipinski definition) is 1. The molecule has 5 nitrogen and oxygen atoms in total. The summed E-state index contributed by atoms with van der Waals surface area (Å²) in [6.07, 6.45) is 0.949. The van der Waals surface area contributed by atoms with Gasteiger partial charge in [-0.25, -0.2) is 4.79 Å². The van der Waals surface area contributed by atoms with Crippen LogP contribution in [0.15, 0.2) is 48.5 Å². The molecule has 0 bridgehead atoms. The zero-order valence-electron chi connectivity index (χ0n) is 15.5. The topological polar surface area (TPSA) is 52.7 Å². The lowest BCUT2D eigenvalue weighted by atomic mass is 10.1. The van der Waals surface area contributed by atoms with Crippen LogP contribution in [0.25, 0.3) is 0 Å². The number of benzene rings is 2. The Balaban J connectivity index is 1.46. The van der Waals surface area contributed by atoms with Gasteiger partial charge in [-0.2, -0.15) is 0 Å². The van der Waals surface area contributed by atoms with E-state index in [-0.39, 0.29) is 11.8 Å². The van der Waals surface area contributed by atoms with E-state index in [1.54, 1.807) is 24.3 Å². The summed E-state index contributed by atoms with van der Waals surface area (Å²) in [6.45, 7) is 5.55. The third-order valence-electron chi connectivity index (χ3n) is 4.79. The van der Waals surface area contributed by atoms with Crippen molar-refractivity contribution >= 4 is 29.1 Å². The van der Waals surface area contributed by atoms with Crippen LogP contribution in [0.5, 0.6) is 0 Å². The van der Waals surface area contributed by atoms with Gasteiger partial charge in [-0.05, 0) is 43.2 Å². The Kier molecular flexibility index (Phi) is 6.48. The van der Waals surface area contributed by atoms with E-state index in [2.05, 4.69) is 16.3 Å². The van der Waals surface area contributed by atoms with Gasteiger partial charge in [-0.3, -0.25) is 9.69 Å². The standard InChI is InChI=1S/C21H24ClN3O2/c1-16(26)18-5-3-7-20(15-18)23-21(27)25-12-10-24(11-13-25)9-8-17-4-2-6-19(22)14-17/h2-7,14-15H,8-13H2,1H3,(H,23,27). The first kappa shape index (κ1) is 19.4. The number of Topliss-reactive ketones (excluding diaryl/α,β-unsaturated/α-hetero) is 1. The van der Waals surface area contributed by atoms with Crippen LogP contribution in [0, 0.1) is 0 Å². The molecule has 0 spiro atoms. The van der Waals surface area contributed by atoms with Crippen molar-refractivity contribution in [1.82, 2.24) is 9.80 Å². The summed E-state index contributed by atoms with van der Waals surface area (Å²) in [4.78, 5) is 28.1. The molecule has 2 amide bonds. The lowest BCUT2D eigenvalue weighted by molar-refractivity contribution is 0.101. The summed E-state index contributed by atoms with van der Waals surface area (Å²) < 4.78 is 0. The average molecular weight is 386 g/mol. The van der Waals surface area contributed by atoms with E-state index in [0.717, 1.165) is 31.1 Å². The van der Waals surface area contributed by atoms with Gasteiger partial charge in [0.05, 0.1) is 0 Å². The second-order valence-corrected chi connectivity index (χ2v) is 7.21. The first-order valence-electron chi connectivity index (χ1n) is 9.15. The highest BCUT2D eigenvalue weighted by Crippen LogP contribution is 2.14. The highest BCUT2D eigenvalue weighted by atomic mass is 35.5. The van der Waals surface area contributed by atoms with E-state index < -0.39 is 0 Å². The van der Waals surface area contributed by atoms with E-state index in [1.165, 1.54) is 12.5 Å². The molecule has 27 heavy (non-hydrogen) atoms. The predicted octanol–water partition coefficient (Wildman–Crippen LogP) is 3.93. The van der Waals surface area contributed by atoms with E-state index >= 15 is 0 Å². The Labute approximate surface area is 164 Å². The number of nitrogens with zero attached hydrogens (tertiary/aromatic N) is 2. The maximum absolute atomic E-state index is 12.5. The number of carbonyl (C=O) groups is 2. The first-order chi connectivity index (χ1) is 13.0. The number of amides is 2. The third-order valence-corrected chi connectivity index (χ3v) is 5.02. The van der Waals surface area contributed by atoms with Gasteiger partial charge < -0.3 is 10.2 Å². The Morgan fingerprint density at radius 3 is 2.48 bits per heavy atom. The van der Waals surface area contributed by atoms with E-state index in [1.807, 2.05) is 23.1 Å². The van der Waals surface area contributed by atoms with Gasteiger partial charge in [0.1, 0.15) is 0 Å². The zero-order chi connectivity index (χ0) is 19.2. The van der Waals surface area contributed by atoms with Crippen molar-refractivity contribution in [3.8, 4) is 0 Å². The van der Waals surface area contributed by atoms with Gasteiger partial charge in [-0.15, -0.1) is 0 Å². The maximum atomic E-state index is 12.5. The first-order valence-corrected chi connectivity index (χ1v) is 9.53. The van der Waals surface area contributed by atoms with Crippen LogP contribution in [0.3, 0.4) is 0 Å². The molecule has 0 atom stereocenters. The molecule has 0 saturated carbocycles. The minimum absolute atomic E-state index is 0.0144. The van der Waals surface area contributed by atoms with Crippen molar-refractivity contribution in [3.63, 3.8) is 0 Å². The number of halogens is 1. The van der Waals surface area contributed by atoms with Crippen molar-refractivity contribution in [2.75, 3.05) is 38.0 Å². The van der Waals surface area contributed by atoms with Crippen LogP contribution in [-0.2, 0) is 6.42 Å². The molecule has 1 heterocycles. The number of carbonyl (C=O) groups excluding carboxylic acids is 2. The van der Waals surface area contributed by atoms with Crippen LogP contribution < -0.4 is 5.32 Å². The molecule has 6 heteroatoms. The molecular formula is C21H24ClN3O2. The summed E-state index contributed by atoms with van der Waals surface area (Å²) in [7, 11) is 0. The van der Waals surface area contributed by atoms with Crippen LogP contribution in [0.4, 0.5) is 10.5 Å². The molecule has 1 aliphatic rings. The summed E-state index contributed by atoms with van der Waals surface area (Å²) in [5.41, 5.74) is 2.47. The van der Waals surface area contributed by atoms with Crippen molar-refractivity contribution in [2.24, 2.45) is 0 Å². The Morgan fingerprint density at radius 1 is 1.04 bits per heavy atom. The summed E-state index contributed by atoms with van der Waals surface area (Å²) in [5, 5.41) is 3.65. The molecule has 2 aromatic carbocycles. The van der Waals surface area contributed by atoms with Crippen molar-refractivity contribution in [2.45, 2.75) is 13.3 Å². The predicted molar refractivity (Wildman–Crippen MR) is 109 cm³/mol. The van der Waals surface area contributed by atoms with Gasteiger partial charge in [0.25, 0.3) is 0 Å². The van der Waals surface area contributed by atoms with Crippen molar-refractivity contribution in [3.05, 3.63) is 64.7 Å². The molecule has 1 aliphatic heterocycles. The number of hydrogen-bond acceptors (Lipinski definition) is 3. The summed E-state index contributed by atoms with van der Waals surface area (Å²) in [5.74, 6) is -0.0144. The van der Waals surface area contributed by atoms with E-state index in [4.69, 9.17) is 11.6 Å². The lowest BCUT2D eigenvalue weighted by Crippen LogP contribution is -2.50. The second-order valence-electron chi connectivity index (χ2n) is 6.78. The zero-order valence-corrected chi connectivity index (χ0v) is 16.2. The van der Waals surface area contributed by atoms with Gasteiger partial charge in [-0.1, -0.05) is 35.9 Å². The average Bonchev–Trinajstić information content (AvgIpc) is 2.67. The minimum Gasteiger partial charge on any atom is -0.322 e. The monoisotopic (exact) mass is 385 g/mol. The van der Waals surface area contributed by atoms with Crippen molar-refractivity contribution in [1.29, 1.82) is 0 Å². The summed E-state index contributed by atoms with van der Waals surface area (Å²) in [6, 6.07) is 14.9. The molecule has 3 rings (SSSR count). The Bertz CT molecular complexity index is 817. The Morgan fingerprint density at radius 2 is 1.78 bits per heavy atom. The smallest absolute Gasteiger partial charge is 0.321 e. The molecular weight excluding hydrogens is 362 g/mol. The van der Waals surface area contributed by atoms with Crippen LogP contribution in [-0.4, -0.2) is 54.3 Å². The number of anilines is 1. The number of ketones is 1. The second kappa shape index (κ2) is 9.02. The van der Waals surface area contributed by atoms with Crippen molar-refractivity contribution < 1.29 is 9.59 Å². The minimum atomic E-state index is -0.120. The largest absolute Gasteiger partial charge is 0.322 e. The molecule has 1 saturated heterocycles. The highest BCUT2D eigenvalue weighted by Gasteiger charge is 2.21. The fourth-order valence-corrected chi connectivity index (χ4v) is 3.39. The van der Waals surface area contributed by atoms with Gasteiger partial charge in [0.2, 0.25) is 0 Å². The number of urea groups is 1. The highest BCUT2D eigenvalue weighted by molar-refractivity contribution is 6.30. The van der Waals surface area contributed by atoms with Crippen LogP contribution in [0.1, 0.15) is 22.8 Å². The maximum Gasteiger partial charge on any atom is 0.321 e. The fraction of sp³-hybridized carbons (Fsp3) is 0.333. The number of piperazine rings is 1. The lowest BCUT2D eigenvalue weighted by Gasteiger charge is -2.34. The number of rotatable bonds is 5. The number of nitrogens with one attached hydrogen (secondary N) is 1. The third kappa shape index (κ3) is 5.55. The van der Waals surface area contributed by atoms with Crippen LogP contribution in [0.2, 0.25) is 5.02 Å². The molecule has 0 unspecified atom stereocenters. The summed E-state index contributed by atoms with van der Waals surface area (Å²) >= 11 is 6.03. The van der Waals surface area contributed by atoms with Gasteiger partial charge in [0.15, 0.2) is 5.78 Å². The van der Waals surface area contributed by atoms with Crippen LogP contribution >= 0.6 is 11.6 Å². The molecule has 0 aromatic heterocycles. The molecule has 0 radical (unpaired) electrons. The van der Waals surface area contributed by atoms with E-state index in [9.17, 15) is 9.59 Å².